The Bertz CT molecular complexity index is 571. The predicted molar refractivity (Wildman–Crippen MR) is 65.4 cm³/mol. The Hall–Kier alpha value is -1.36. The van der Waals surface area contributed by atoms with Gasteiger partial charge in [0.2, 0.25) is 0 Å². The topological polar surface area (TPSA) is 39.8 Å². The lowest BCUT2D eigenvalue weighted by Gasteiger charge is -2.05. The number of hydrogen-bond donors (Lipinski definition) is 0. The Kier molecular flexibility index (Phi) is 2.96. The number of halogens is 1. The fourth-order valence-electron chi connectivity index (χ4n) is 1.61. The molecular weight excluding hydrogens is 270 g/mol. The number of aromatic nitrogens is 3. The maximum Gasteiger partial charge on any atom is 0.250 e. The van der Waals surface area contributed by atoms with E-state index in [0.717, 1.165) is 15.9 Å². The fourth-order valence-corrected chi connectivity index (χ4v) is 1.99. The van der Waals surface area contributed by atoms with E-state index in [-0.39, 0.29) is 5.56 Å². The van der Waals surface area contributed by atoms with Crippen molar-refractivity contribution in [3.63, 3.8) is 0 Å². The summed E-state index contributed by atoms with van der Waals surface area (Å²) in [4.78, 5) is 11.6. The second-order valence-electron chi connectivity index (χ2n) is 3.71. The van der Waals surface area contributed by atoms with Gasteiger partial charge in [-0.1, -0.05) is 0 Å². The average molecular weight is 282 g/mol. The smallest absolute Gasteiger partial charge is 0.250 e. The molecule has 0 radical (unpaired) electrons. The third kappa shape index (κ3) is 2.24. The van der Waals surface area contributed by atoms with E-state index in [0.29, 0.717) is 6.54 Å². The lowest BCUT2D eigenvalue weighted by Crippen LogP contribution is -2.20. The van der Waals surface area contributed by atoms with E-state index >= 15 is 0 Å². The molecule has 4 nitrogen and oxygen atoms in total. The summed E-state index contributed by atoms with van der Waals surface area (Å²) in [5.41, 5.74) is 1.96. The first-order chi connectivity index (χ1) is 7.56. The summed E-state index contributed by atoms with van der Waals surface area (Å²) in [6.45, 7) is 2.47. The molecule has 0 bridgehead atoms. The van der Waals surface area contributed by atoms with Gasteiger partial charge in [-0.05, 0) is 35.0 Å². The molecule has 0 amide bonds. The molecule has 0 unspecified atom stereocenters. The Balaban J connectivity index is 2.37. The number of nitrogens with zero attached hydrogens (tertiary/aromatic N) is 3. The summed E-state index contributed by atoms with van der Waals surface area (Å²) in [7, 11) is 1.88. The summed E-state index contributed by atoms with van der Waals surface area (Å²) in [6.07, 6.45) is 1.78. The quantitative estimate of drug-likeness (QED) is 0.841. The lowest BCUT2D eigenvalue weighted by molar-refractivity contribution is 0.650. The number of pyridine rings is 1. The molecule has 2 rings (SSSR count). The molecule has 2 aromatic rings. The maximum atomic E-state index is 11.6. The van der Waals surface area contributed by atoms with Crippen LogP contribution in [0.25, 0.3) is 0 Å². The minimum atomic E-state index is -0.0120. The van der Waals surface area contributed by atoms with Crippen LogP contribution in [0.1, 0.15) is 11.4 Å². The average Bonchev–Trinajstić information content (AvgIpc) is 2.51. The first-order valence-corrected chi connectivity index (χ1v) is 5.71. The molecule has 5 heteroatoms. The molecular formula is C11H12BrN3O. The zero-order chi connectivity index (χ0) is 11.7. The first kappa shape index (κ1) is 11.1. The molecule has 0 aliphatic carbocycles. The number of hydrogen-bond acceptors (Lipinski definition) is 2. The van der Waals surface area contributed by atoms with Crippen molar-refractivity contribution in [1.29, 1.82) is 0 Å². The zero-order valence-electron chi connectivity index (χ0n) is 9.14. The van der Waals surface area contributed by atoms with Gasteiger partial charge in [-0.25, -0.2) is 0 Å². The molecule has 0 aliphatic heterocycles. The lowest BCUT2D eigenvalue weighted by atomic mass is 10.3. The Morgan fingerprint density at radius 1 is 1.44 bits per heavy atom. The van der Waals surface area contributed by atoms with E-state index in [9.17, 15) is 4.79 Å². The van der Waals surface area contributed by atoms with Crippen LogP contribution in [-0.2, 0) is 13.6 Å². The Morgan fingerprint density at radius 2 is 2.19 bits per heavy atom. The molecule has 0 aromatic carbocycles. The minimum absolute atomic E-state index is 0.0120. The molecule has 0 saturated carbocycles. The molecule has 0 N–H and O–H groups in total. The van der Waals surface area contributed by atoms with Gasteiger partial charge in [0.05, 0.1) is 17.9 Å². The molecule has 0 atom stereocenters. The van der Waals surface area contributed by atoms with Gasteiger partial charge in [0.15, 0.2) is 0 Å². The molecule has 0 saturated heterocycles. The molecule has 2 heterocycles. The van der Waals surface area contributed by atoms with Crippen LogP contribution in [-0.4, -0.2) is 14.3 Å². The number of aryl methyl sites for hydroxylation is 2. The van der Waals surface area contributed by atoms with E-state index < -0.39 is 0 Å². The van der Waals surface area contributed by atoms with Crippen molar-refractivity contribution in [1.82, 2.24) is 14.3 Å². The highest BCUT2D eigenvalue weighted by Crippen LogP contribution is 2.08. The highest BCUT2D eigenvalue weighted by molar-refractivity contribution is 9.10. The van der Waals surface area contributed by atoms with Gasteiger partial charge in [-0.2, -0.15) is 5.10 Å². The molecule has 2 aromatic heterocycles. The van der Waals surface area contributed by atoms with Crippen molar-refractivity contribution in [2.75, 3.05) is 0 Å². The standard InChI is InChI=1S/C11H12BrN3O/c1-8-5-10(14(2)13-8)7-15-6-9(12)3-4-11(15)16/h3-6H,7H2,1-2H3. The van der Waals surface area contributed by atoms with Crippen molar-refractivity contribution in [2.24, 2.45) is 7.05 Å². The van der Waals surface area contributed by atoms with Crippen molar-refractivity contribution >= 4 is 15.9 Å². The first-order valence-electron chi connectivity index (χ1n) is 4.92. The van der Waals surface area contributed by atoms with Gasteiger partial charge in [-0.3, -0.25) is 9.48 Å². The summed E-state index contributed by atoms with van der Waals surface area (Å²) in [6, 6.07) is 5.27. The normalized spacial score (nSPS) is 10.7. The van der Waals surface area contributed by atoms with E-state index in [1.807, 2.05) is 20.0 Å². The van der Waals surface area contributed by atoms with Gasteiger partial charge in [-0.15, -0.1) is 0 Å². The van der Waals surface area contributed by atoms with E-state index in [4.69, 9.17) is 0 Å². The molecule has 0 aliphatic rings. The SMILES string of the molecule is Cc1cc(Cn2cc(Br)ccc2=O)n(C)n1. The largest absolute Gasteiger partial charge is 0.308 e. The van der Waals surface area contributed by atoms with Gasteiger partial charge >= 0.3 is 0 Å². The van der Waals surface area contributed by atoms with Crippen molar-refractivity contribution in [3.05, 3.63) is 50.6 Å². The summed E-state index contributed by atoms with van der Waals surface area (Å²) >= 11 is 3.35. The van der Waals surface area contributed by atoms with Gasteiger partial charge < -0.3 is 4.57 Å². The summed E-state index contributed by atoms with van der Waals surface area (Å²) < 4.78 is 4.34. The molecule has 0 spiro atoms. The van der Waals surface area contributed by atoms with Crippen LogP contribution >= 0.6 is 15.9 Å². The van der Waals surface area contributed by atoms with Gasteiger partial charge in [0.1, 0.15) is 0 Å². The fraction of sp³-hybridized carbons (Fsp3) is 0.273. The minimum Gasteiger partial charge on any atom is -0.308 e. The zero-order valence-corrected chi connectivity index (χ0v) is 10.7. The molecule has 16 heavy (non-hydrogen) atoms. The maximum absolute atomic E-state index is 11.6. The van der Waals surface area contributed by atoms with E-state index in [2.05, 4.69) is 21.0 Å². The van der Waals surface area contributed by atoms with Crippen LogP contribution < -0.4 is 5.56 Å². The van der Waals surface area contributed by atoms with Gasteiger partial charge in [0.25, 0.3) is 5.56 Å². The monoisotopic (exact) mass is 281 g/mol. The van der Waals surface area contributed by atoms with E-state index in [1.54, 1.807) is 27.6 Å². The van der Waals surface area contributed by atoms with Crippen LogP contribution in [0.2, 0.25) is 0 Å². The van der Waals surface area contributed by atoms with Crippen LogP contribution in [0.3, 0.4) is 0 Å². The predicted octanol–water partition coefficient (Wildman–Crippen LogP) is 1.70. The number of rotatable bonds is 2. The Labute approximate surface area is 102 Å². The third-order valence-corrected chi connectivity index (χ3v) is 2.85. The highest BCUT2D eigenvalue weighted by Gasteiger charge is 2.04. The van der Waals surface area contributed by atoms with Crippen molar-refractivity contribution < 1.29 is 0 Å². The molecule has 0 fully saturated rings. The van der Waals surface area contributed by atoms with Crippen molar-refractivity contribution in [2.45, 2.75) is 13.5 Å². The van der Waals surface area contributed by atoms with Crippen LogP contribution in [0.15, 0.2) is 33.7 Å². The van der Waals surface area contributed by atoms with Crippen LogP contribution in [0.5, 0.6) is 0 Å². The van der Waals surface area contributed by atoms with E-state index in [1.165, 1.54) is 0 Å². The van der Waals surface area contributed by atoms with Crippen LogP contribution in [0, 0.1) is 6.92 Å². The summed E-state index contributed by atoms with van der Waals surface area (Å²) in [5, 5.41) is 4.25. The van der Waals surface area contributed by atoms with Crippen molar-refractivity contribution in [3.8, 4) is 0 Å². The van der Waals surface area contributed by atoms with Gasteiger partial charge in [0, 0.05) is 23.8 Å². The third-order valence-electron chi connectivity index (χ3n) is 2.38. The summed E-state index contributed by atoms with van der Waals surface area (Å²) in [5.74, 6) is 0. The highest BCUT2D eigenvalue weighted by atomic mass is 79.9. The second kappa shape index (κ2) is 4.25. The molecule has 84 valence electrons. The van der Waals surface area contributed by atoms with Crippen LogP contribution in [0.4, 0.5) is 0 Å². The Morgan fingerprint density at radius 3 is 2.81 bits per heavy atom. The second-order valence-corrected chi connectivity index (χ2v) is 4.63.